The van der Waals surface area contributed by atoms with Crippen molar-refractivity contribution in [2.45, 2.75) is 43.9 Å². The first-order chi connectivity index (χ1) is 11.9. The minimum absolute atomic E-state index is 0.0242. The molecule has 0 N–H and O–H groups in total. The highest BCUT2D eigenvalue weighted by atomic mass is 32.2. The molecule has 0 aliphatic carbocycles. The van der Waals surface area contributed by atoms with Gasteiger partial charge in [-0.05, 0) is 13.8 Å². The van der Waals surface area contributed by atoms with E-state index in [1.165, 1.54) is 7.05 Å². The van der Waals surface area contributed by atoms with E-state index in [9.17, 15) is 21.6 Å². The summed E-state index contributed by atoms with van der Waals surface area (Å²) in [6.45, 7) is 3.70. The Morgan fingerprint density at radius 3 is 2.46 bits per heavy atom. The number of sulfone groups is 1. The van der Waals surface area contributed by atoms with Gasteiger partial charge in [-0.15, -0.1) is 0 Å². The maximum Gasteiger partial charge on any atom is 0.435 e. The minimum Gasteiger partial charge on any atom is -0.469 e. The molecule has 1 aromatic rings. The molecule has 8 nitrogen and oxygen atoms in total. The molecule has 1 fully saturated rings. The molecule has 146 valence electrons. The van der Waals surface area contributed by atoms with E-state index in [-0.39, 0.29) is 30.6 Å². The first-order valence-electron chi connectivity index (χ1n) is 7.74. The van der Waals surface area contributed by atoms with Gasteiger partial charge in [-0.3, -0.25) is 0 Å². The van der Waals surface area contributed by atoms with Crippen molar-refractivity contribution >= 4 is 14.9 Å². The fourth-order valence-electron chi connectivity index (χ4n) is 2.54. The molecular weight excluding hydrogens is 379 g/mol. The Kier molecular flexibility index (Phi) is 4.46. The third kappa shape index (κ3) is 3.65. The lowest BCUT2D eigenvalue weighted by molar-refractivity contribution is -0.142. The van der Waals surface area contributed by atoms with Crippen LogP contribution in [0.1, 0.15) is 31.5 Å². The number of alkyl halides is 3. The van der Waals surface area contributed by atoms with Gasteiger partial charge in [0, 0.05) is 13.5 Å². The molecule has 3 heterocycles. The van der Waals surface area contributed by atoms with Crippen LogP contribution < -0.4 is 4.74 Å². The van der Waals surface area contributed by atoms with Crippen LogP contribution in [0.5, 0.6) is 5.88 Å². The Morgan fingerprint density at radius 1 is 1.35 bits per heavy atom. The molecule has 12 heteroatoms. The molecular formula is C14H18F3N3O5S. The van der Waals surface area contributed by atoms with Gasteiger partial charge in [-0.2, -0.15) is 18.3 Å². The van der Waals surface area contributed by atoms with Crippen molar-refractivity contribution in [2.75, 3.05) is 13.2 Å². The highest BCUT2D eigenvalue weighted by Gasteiger charge is 2.43. The normalized spacial score (nSPS) is 20.5. The van der Waals surface area contributed by atoms with Gasteiger partial charge in [0.2, 0.25) is 5.88 Å². The molecule has 0 amide bonds. The van der Waals surface area contributed by atoms with E-state index in [2.05, 4.69) is 10.3 Å². The van der Waals surface area contributed by atoms with Crippen molar-refractivity contribution in [2.24, 2.45) is 12.2 Å². The quantitative estimate of drug-likeness (QED) is 0.767. The summed E-state index contributed by atoms with van der Waals surface area (Å²) in [5.74, 6) is -1.18. The molecule has 3 rings (SSSR count). The minimum atomic E-state index is -4.83. The number of ether oxygens (including phenoxy) is 2. The zero-order valence-corrected chi connectivity index (χ0v) is 15.1. The molecule has 2 aliphatic heterocycles. The maximum absolute atomic E-state index is 13.3. The van der Waals surface area contributed by atoms with Crippen molar-refractivity contribution in [1.29, 1.82) is 0 Å². The third-order valence-electron chi connectivity index (χ3n) is 3.91. The second-order valence-corrected chi connectivity index (χ2v) is 8.79. The summed E-state index contributed by atoms with van der Waals surface area (Å²) in [5, 5.41) is 6.66. The summed E-state index contributed by atoms with van der Waals surface area (Å²) in [6.07, 6.45) is -5.30. The topological polar surface area (TPSA) is 92.0 Å². The van der Waals surface area contributed by atoms with E-state index in [0.717, 1.165) is 4.68 Å². The molecule has 2 aliphatic rings. The fraction of sp³-hybridized carbons (Fsp3) is 0.714. The Balaban J connectivity index is 1.97. The van der Waals surface area contributed by atoms with Crippen LogP contribution in [-0.4, -0.2) is 48.2 Å². The molecule has 1 saturated heterocycles. The van der Waals surface area contributed by atoms with E-state index >= 15 is 0 Å². The summed E-state index contributed by atoms with van der Waals surface area (Å²) in [6, 6.07) is 0. The van der Waals surface area contributed by atoms with E-state index in [4.69, 9.17) is 14.3 Å². The SMILES string of the molecule is Cn1nc(C(F)(F)F)c(CS(=O)(=O)C2=NOC(C)(C)C2)c1OC1COC1. The molecule has 0 bridgehead atoms. The number of nitrogens with zero attached hydrogens (tertiary/aromatic N) is 3. The lowest BCUT2D eigenvalue weighted by atomic mass is 10.1. The first kappa shape index (κ1) is 19.0. The van der Waals surface area contributed by atoms with E-state index in [1.807, 2.05) is 0 Å². The Labute approximate surface area is 147 Å². The zero-order chi connectivity index (χ0) is 19.3. The molecule has 0 spiro atoms. The zero-order valence-electron chi connectivity index (χ0n) is 14.3. The van der Waals surface area contributed by atoms with E-state index in [1.54, 1.807) is 13.8 Å². The summed E-state index contributed by atoms with van der Waals surface area (Å²) >= 11 is 0. The second-order valence-electron chi connectivity index (χ2n) is 6.80. The van der Waals surface area contributed by atoms with Crippen LogP contribution >= 0.6 is 0 Å². The van der Waals surface area contributed by atoms with Crippen molar-refractivity contribution in [3.8, 4) is 5.88 Å². The number of hydrogen-bond acceptors (Lipinski definition) is 7. The predicted molar refractivity (Wildman–Crippen MR) is 83.3 cm³/mol. The number of rotatable bonds is 4. The highest BCUT2D eigenvalue weighted by molar-refractivity contribution is 8.05. The summed E-state index contributed by atoms with van der Waals surface area (Å²) in [7, 11) is -2.88. The van der Waals surface area contributed by atoms with E-state index < -0.39 is 44.7 Å². The Morgan fingerprint density at radius 2 is 2.00 bits per heavy atom. The van der Waals surface area contributed by atoms with Crippen LogP contribution in [0.25, 0.3) is 0 Å². The van der Waals surface area contributed by atoms with Crippen LogP contribution in [0, 0.1) is 0 Å². The van der Waals surface area contributed by atoms with Gasteiger partial charge in [0.25, 0.3) is 0 Å². The third-order valence-corrected chi connectivity index (χ3v) is 5.51. The van der Waals surface area contributed by atoms with Gasteiger partial charge in [0.05, 0.1) is 24.5 Å². The first-order valence-corrected chi connectivity index (χ1v) is 9.39. The summed E-state index contributed by atoms with van der Waals surface area (Å²) in [5.41, 5.74) is -2.66. The average molecular weight is 397 g/mol. The van der Waals surface area contributed by atoms with Crippen LogP contribution in [0.2, 0.25) is 0 Å². The van der Waals surface area contributed by atoms with Gasteiger partial charge in [0.1, 0.15) is 11.7 Å². The molecule has 0 unspecified atom stereocenters. The monoisotopic (exact) mass is 397 g/mol. The fourth-order valence-corrected chi connectivity index (χ4v) is 4.07. The number of aromatic nitrogens is 2. The van der Waals surface area contributed by atoms with Gasteiger partial charge < -0.3 is 14.3 Å². The van der Waals surface area contributed by atoms with Crippen LogP contribution in [0.3, 0.4) is 0 Å². The summed E-state index contributed by atoms with van der Waals surface area (Å²) < 4.78 is 76.5. The maximum atomic E-state index is 13.3. The van der Waals surface area contributed by atoms with Crippen molar-refractivity contribution < 1.29 is 35.9 Å². The number of halogens is 3. The van der Waals surface area contributed by atoms with Crippen molar-refractivity contribution in [1.82, 2.24) is 9.78 Å². The number of oxime groups is 1. The van der Waals surface area contributed by atoms with Crippen molar-refractivity contribution in [3.63, 3.8) is 0 Å². The standard InChI is InChI=1S/C14H18F3N3O5S/c1-13(2)4-10(19-25-13)26(21,22)7-9-11(14(15,16)17)18-20(3)12(9)24-8-5-23-6-8/h8H,4-7H2,1-3H3. The highest BCUT2D eigenvalue weighted by Crippen LogP contribution is 2.38. The lowest BCUT2D eigenvalue weighted by Gasteiger charge is -2.27. The molecule has 0 atom stereocenters. The Bertz CT molecular complexity index is 841. The van der Waals surface area contributed by atoms with E-state index in [0.29, 0.717) is 0 Å². The Hall–Kier alpha value is -1.82. The van der Waals surface area contributed by atoms with Crippen LogP contribution in [0.4, 0.5) is 13.2 Å². The average Bonchev–Trinajstić information content (AvgIpc) is 2.95. The lowest BCUT2D eigenvalue weighted by Crippen LogP contribution is -2.39. The molecule has 0 saturated carbocycles. The smallest absolute Gasteiger partial charge is 0.435 e. The van der Waals surface area contributed by atoms with Gasteiger partial charge in [-0.1, -0.05) is 5.16 Å². The predicted octanol–water partition coefficient (Wildman–Crippen LogP) is 1.64. The largest absolute Gasteiger partial charge is 0.469 e. The number of aryl methyl sites for hydroxylation is 1. The van der Waals surface area contributed by atoms with Crippen LogP contribution in [0.15, 0.2) is 5.16 Å². The van der Waals surface area contributed by atoms with Crippen LogP contribution in [-0.2, 0) is 38.4 Å². The number of hydrogen-bond donors (Lipinski definition) is 0. The van der Waals surface area contributed by atoms with Gasteiger partial charge >= 0.3 is 6.18 Å². The summed E-state index contributed by atoms with van der Waals surface area (Å²) in [4.78, 5) is 5.02. The van der Waals surface area contributed by atoms with Gasteiger partial charge in [0.15, 0.2) is 20.6 Å². The molecule has 0 aromatic carbocycles. The van der Waals surface area contributed by atoms with Crippen molar-refractivity contribution in [3.05, 3.63) is 11.3 Å². The van der Waals surface area contributed by atoms with Gasteiger partial charge in [-0.25, -0.2) is 13.1 Å². The second kappa shape index (κ2) is 6.12. The molecule has 1 aromatic heterocycles. The molecule has 0 radical (unpaired) electrons. The molecule has 26 heavy (non-hydrogen) atoms.